The van der Waals surface area contributed by atoms with Crippen molar-refractivity contribution in [3.63, 3.8) is 0 Å². The van der Waals surface area contributed by atoms with Crippen molar-refractivity contribution in [1.29, 1.82) is 0 Å². The zero-order chi connectivity index (χ0) is 8.34. The van der Waals surface area contributed by atoms with E-state index in [-0.39, 0.29) is 6.04 Å². The van der Waals surface area contributed by atoms with Crippen LogP contribution >= 0.6 is 0 Å². The van der Waals surface area contributed by atoms with Gasteiger partial charge in [-0.2, -0.15) is 0 Å². The number of amides is 1. The van der Waals surface area contributed by atoms with Gasteiger partial charge in [0.05, 0.1) is 6.04 Å². The number of carbonyl (C=O) groups is 1. The van der Waals surface area contributed by atoms with Gasteiger partial charge in [-0.3, -0.25) is 9.69 Å². The molecular formula is C9H14N2O. The molecule has 1 unspecified atom stereocenters. The van der Waals surface area contributed by atoms with Gasteiger partial charge in [0.15, 0.2) is 0 Å². The number of carbonyl (C=O) groups excluding carboxylic acids is 1. The third-order valence-corrected chi connectivity index (χ3v) is 3.89. The van der Waals surface area contributed by atoms with Crippen LogP contribution in [0, 0.1) is 5.41 Å². The summed E-state index contributed by atoms with van der Waals surface area (Å²) in [5.41, 5.74) is 0.403. The Labute approximate surface area is 72.3 Å². The van der Waals surface area contributed by atoms with Gasteiger partial charge in [0, 0.05) is 25.0 Å². The predicted octanol–water partition coefficient (Wildman–Crippen LogP) is -0.0772. The number of rotatable bonds is 0. The van der Waals surface area contributed by atoms with Gasteiger partial charge in [0.25, 0.3) is 0 Å². The van der Waals surface area contributed by atoms with Crippen LogP contribution in [0.3, 0.4) is 0 Å². The smallest absolute Gasteiger partial charge is 0.240 e. The molecule has 12 heavy (non-hydrogen) atoms. The van der Waals surface area contributed by atoms with Crippen LogP contribution in [0.2, 0.25) is 0 Å². The van der Waals surface area contributed by atoms with Crippen LogP contribution < -0.4 is 0 Å². The van der Waals surface area contributed by atoms with Crippen LogP contribution in [0.1, 0.15) is 12.8 Å². The van der Waals surface area contributed by atoms with Crippen LogP contribution in [0.15, 0.2) is 0 Å². The van der Waals surface area contributed by atoms with Crippen LogP contribution in [0.5, 0.6) is 0 Å². The summed E-state index contributed by atoms with van der Waals surface area (Å²) in [6.07, 6.45) is 2.49. The number of likely N-dealkylation sites (N-methyl/N-ethyl adjacent to an activating group) is 1. The molecule has 0 saturated carbocycles. The van der Waals surface area contributed by atoms with Crippen LogP contribution in [0.25, 0.3) is 0 Å². The second kappa shape index (κ2) is 1.84. The largest absolute Gasteiger partial charge is 0.341 e. The van der Waals surface area contributed by atoms with E-state index in [2.05, 4.69) is 11.9 Å². The standard InChI is InChI=1S/C9H14N2O/c1-10-6-9-2-4-11(5-3-9)8(12)7(9)10/h7H,2-6H2,1H3. The third kappa shape index (κ3) is 0.565. The monoisotopic (exact) mass is 166 g/mol. The molecule has 4 heterocycles. The number of fused-ring (bicyclic) bond motifs is 2. The molecule has 4 saturated heterocycles. The summed E-state index contributed by atoms with van der Waals surface area (Å²) in [4.78, 5) is 16.0. The SMILES string of the molecule is CN1CC23CCN(CC2)C(=O)C13. The van der Waals surface area contributed by atoms with E-state index >= 15 is 0 Å². The molecule has 4 fully saturated rings. The summed E-state index contributed by atoms with van der Waals surface area (Å²) in [6, 6.07) is 0.250. The highest BCUT2D eigenvalue weighted by Gasteiger charge is 2.60. The summed E-state index contributed by atoms with van der Waals surface area (Å²) in [7, 11) is 2.07. The average molecular weight is 166 g/mol. The first-order valence-electron chi connectivity index (χ1n) is 4.72. The molecule has 4 aliphatic heterocycles. The molecule has 1 spiro atoms. The number of piperidine rings is 3. The minimum Gasteiger partial charge on any atom is -0.341 e. The van der Waals surface area contributed by atoms with Gasteiger partial charge < -0.3 is 4.90 Å². The maximum Gasteiger partial charge on any atom is 0.240 e. The van der Waals surface area contributed by atoms with Crippen molar-refractivity contribution < 1.29 is 4.79 Å². The molecule has 4 aliphatic rings. The molecule has 1 amide bonds. The van der Waals surface area contributed by atoms with Crippen molar-refractivity contribution in [1.82, 2.24) is 9.80 Å². The third-order valence-electron chi connectivity index (χ3n) is 3.89. The fourth-order valence-corrected chi connectivity index (χ4v) is 3.26. The Morgan fingerprint density at radius 2 is 2.08 bits per heavy atom. The summed E-state index contributed by atoms with van der Waals surface area (Å²) < 4.78 is 0. The van der Waals surface area contributed by atoms with E-state index in [9.17, 15) is 4.79 Å². The first kappa shape index (κ1) is 6.89. The average Bonchev–Trinajstić information content (AvgIpc) is 2.03. The summed E-state index contributed by atoms with van der Waals surface area (Å²) in [5.74, 6) is 0.390. The summed E-state index contributed by atoms with van der Waals surface area (Å²) in [6.45, 7) is 3.18. The lowest BCUT2D eigenvalue weighted by Gasteiger charge is -2.63. The summed E-state index contributed by atoms with van der Waals surface area (Å²) in [5, 5.41) is 0. The van der Waals surface area contributed by atoms with E-state index in [1.54, 1.807) is 0 Å². The Morgan fingerprint density at radius 3 is 2.50 bits per heavy atom. The van der Waals surface area contributed by atoms with Crippen LogP contribution in [-0.2, 0) is 4.79 Å². The quantitative estimate of drug-likeness (QED) is 0.502. The lowest BCUT2D eigenvalue weighted by molar-refractivity contribution is -0.183. The van der Waals surface area contributed by atoms with E-state index in [4.69, 9.17) is 0 Å². The maximum atomic E-state index is 11.7. The first-order valence-corrected chi connectivity index (χ1v) is 4.72. The molecule has 4 rings (SSSR count). The molecule has 3 nitrogen and oxygen atoms in total. The minimum atomic E-state index is 0.250. The van der Waals surface area contributed by atoms with Gasteiger partial charge in [-0.1, -0.05) is 0 Å². The van der Waals surface area contributed by atoms with Crippen molar-refractivity contribution in [2.75, 3.05) is 26.7 Å². The molecule has 0 N–H and O–H groups in total. The van der Waals surface area contributed by atoms with Gasteiger partial charge in [-0.25, -0.2) is 0 Å². The Bertz CT molecular complexity index is 237. The highest BCUT2D eigenvalue weighted by Crippen LogP contribution is 2.49. The van der Waals surface area contributed by atoms with Crippen molar-refractivity contribution in [2.45, 2.75) is 18.9 Å². The Balaban J connectivity index is 1.99. The van der Waals surface area contributed by atoms with E-state index in [1.165, 1.54) is 12.8 Å². The highest BCUT2D eigenvalue weighted by atomic mass is 16.2. The molecule has 0 aromatic heterocycles. The second-order valence-electron chi connectivity index (χ2n) is 4.51. The van der Waals surface area contributed by atoms with Gasteiger partial charge >= 0.3 is 0 Å². The Morgan fingerprint density at radius 1 is 1.42 bits per heavy atom. The number of hydrogen-bond donors (Lipinski definition) is 0. The zero-order valence-electron chi connectivity index (χ0n) is 7.42. The van der Waals surface area contributed by atoms with Crippen LogP contribution in [0.4, 0.5) is 0 Å². The fraction of sp³-hybridized carbons (Fsp3) is 0.889. The van der Waals surface area contributed by atoms with E-state index in [1.807, 2.05) is 4.90 Å². The highest BCUT2D eigenvalue weighted by molar-refractivity contribution is 5.86. The van der Waals surface area contributed by atoms with E-state index in [0.717, 1.165) is 19.6 Å². The molecule has 0 aromatic carbocycles. The Hall–Kier alpha value is -0.570. The molecule has 1 atom stereocenters. The lowest BCUT2D eigenvalue weighted by atomic mass is 9.62. The number of likely N-dealkylation sites (tertiary alicyclic amines) is 1. The molecule has 0 aromatic rings. The zero-order valence-corrected chi connectivity index (χ0v) is 7.42. The molecule has 66 valence electrons. The lowest BCUT2D eigenvalue weighted by Crippen LogP contribution is -2.76. The molecule has 0 radical (unpaired) electrons. The topological polar surface area (TPSA) is 23.6 Å². The molecule has 2 bridgehead atoms. The van der Waals surface area contributed by atoms with Crippen LogP contribution in [-0.4, -0.2) is 48.4 Å². The molecule has 3 heteroatoms. The fourth-order valence-electron chi connectivity index (χ4n) is 3.26. The van der Waals surface area contributed by atoms with Gasteiger partial charge in [0.1, 0.15) is 0 Å². The van der Waals surface area contributed by atoms with Gasteiger partial charge in [-0.15, -0.1) is 0 Å². The van der Waals surface area contributed by atoms with E-state index in [0.29, 0.717) is 11.3 Å². The van der Waals surface area contributed by atoms with Crippen molar-refractivity contribution >= 4 is 5.91 Å². The molecule has 0 aliphatic carbocycles. The summed E-state index contributed by atoms with van der Waals surface area (Å²) >= 11 is 0. The molecular weight excluding hydrogens is 152 g/mol. The first-order chi connectivity index (χ1) is 5.73. The van der Waals surface area contributed by atoms with Gasteiger partial charge in [-0.05, 0) is 19.9 Å². The van der Waals surface area contributed by atoms with Crippen molar-refractivity contribution in [3.8, 4) is 0 Å². The predicted molar refractivity (Wildman–Crippen MR) is 44.7 cm³/mol. The number of nitrogens with zero attached hydrogens (tertiary/aromatic N) is 2. The number of hydrogen-bond acceptors (Lipinski definition) is 2. The van der Waals surface area contributed by atoms with Crippen molar-refractivity contribution in [3.05, 3.63) is 0 Å². The normalized spacial score (nSPS) is 45.9. The van der Waals surface area contributed by atoms with Crippen molar-refractivity contribution in [2.24, 2.45) is 5.41 Å². The Kier molecular flexibility index (Phi) is 1.06. The van der Waals surface area contributed by atoms with Gasteiger partial charge in [0.2, 0.25) is 5.91 Å². The van der Waals surface area contributed by atoms with E-state index < -0.39 is 0 Å². The minimum absolute atomic E-state index is 0.250. The second-order valence-corrected chi connectivity index (χ2v) is 4.51. The maximum absolute atomic E-state index is 11.7.